The quantitative estimate of drug-likeness (QED) is 0.899. The van der Waals surface area contributed by atoms with E-state index >= 15 is 0 Å². The summed E-state index contributed by atoms with van der Waals surface area (Å²) >= 11 is 1.80. The summed E-state index contributed by atoms with van der Waals surface area (Å²) in [6.07, 6.45) is 3.58. The molecule has 1 fully saturated rings. The van der Waals surface area contributed by atoms with Crippen LogP contribution >= 0.6 is 11.8 Å². The maximum Gasteiger partial charge on any atom is 0.242 e. The van der Waals surface area contributed by atoms with E-state index in [1.54, 1.807) is 22.6 Å². The number of anilines is 1. The molecule has 0 saturated carbocycles. The van der Waals surface area contributed by atoms with Gasteiger partial charge in [-0.05, 0) is 18.2 Å². The number of amides is 1. The molecule has 1 aromatic heterocycles. The number of nitrogens with zero attached hydrogens (tertiary/aromatic N) is 2. The Morgan fingerprint density at radius 1 is 1.40 bits per heavy atom. The first-order chi connectivity index (χ1) is 9.84. The molecule has 20 heavy (non-hydrogen) atoms. The van der Waals surface area contributed by atoms with Crippen molar-refractivity contribution in [2.75, 3.05) is 23.4 Å². The number of carbonyl (C=O) groups is 1. The van der Waals surface area contributed by atoms with Gasteiger partial charge in [0.1, 0.15) is 0 Å². The van der Waals surface area contributed by atoms with E-state index in [1.807, 2.05) is 36.5 Å². The molecule has 1 unspecified atom stereocenters. The van der Waals surface area contributed by atoms with Gasteiger partial charge in [-0.25, -0.2) is 4.68 Å². The number of thioether (sulfide) groups is 1. The summed E-state index contributed by atoms with van der Waals surface area (Å²) in [5, 5.41) is 10.4. The lowest BCUT2D eigenvalue weighted by molar-refractivity contribution is -0.117. The molecule has 1 amide bonds. The van der Waals surface area contributed by atoms with Gasteiger partial charge in [-0.2, -0.15) is 16.9 Å². The van der Waals surface area contributed by atoms with Gasteiger partial charge in [0, 0.05) is 30.4 Å². The third-order valence-corrected chi connectivity index (χ3v) is 4.21. The number of para-hydroxylation sites is 2. The third-order valence-electron chi connectivity index (χ3n) is 3.15. The van der Waals surface area contributed by atoms with Crippen molar-refractivity contribution in [1.82, 2.24) is 15.1 Å². The maximum atomic E-state index is 12.3. The van der Waals surface area contributed by atoms with Gasteiger partial charge in [0.15, 0.2) is 0 Å². The Morgan fingerprint density at radius 3 is 3.05 bits per heavy atom. The van der Waals surface area contributed by atoms with E-state index < -0.39 is 0 Å². The molecule has 6 heteroatoms. The van der Waals surface area contributed by atoms with E-state index in [0.29, 0.717) is 0 Å². The summed E-state index contributed by atoms with van der Waals surface area (Å²) in [6.45, 7) is 0.879. The second kappa shape index (κ2) is 6.11. The topological polar surface area (TPSA) is 59.0 Å². The van der Waals surface area contributed by atoms with Crippen molar-refractivity contribution in [3.63, 3.8) is 0 Å². The van der Waals surface area contributed by atoms with Gasteiger partial charge in [0.05, 0.1) is 17.4 Å². The second-order valence-electron chi connectivity index (χ2n) is 4.54. The summed E-state index contributed by atoms with van der Waals surface area (Å²) in [7, 11) is 0. The van der Waals surface area contributed by atoms with Crippen LogP contribution in [0.3, 0.4) is 0 Å². The molecule has 5 nitrogen and oxygen atoms in total. The van der Waals surface area contributed by atoms with Crippen LogP contribution in [0.4, 0.5) is 5.69 Å². The van der Waals surface area contributed by atoms with Crippen molar-refractivity contribution < 1.29 is 4.79 Å². The number of aromatic nitrogens is 2. The molecule has 2 aromatic rings. The molecule has 104 valence electrons. The molecule has 2 heterocycles. The average Bonchev–Trinajstić information content (AvgIpc) is 3.03. The van der Waals surface area contributed by atoms with Gasteiger partial charge in [0.25, 0.3) is 0 Å². The van der Waals surface area contributed by atoms with Gasteiger partial charge in [-0.1, -0.05) is 12.1 Å². The molecule has 1 aromatic carbocycles. The largest absolute Gasteiger partial charge is 0.323 e. The minimum atomic E-state index is -0.126. The Balaban J connectivity index is 1.79. The van der Waals surface area contributed by atoms with Crippen molar-refractivity contribution in [2.24, 2.45) is 0 Å². The number of benzene rings is 1. The predicted molar refractivity (Wildman–Crippen MR) is 81.3 cm³/mol. The highest BCUT2D eigenvalue weighted by molar-refractivity contribution is 7.99. The van der Waals surface area contributed by atoms with Crippen LogP contribution in [-0.2, 0) is 4.79 Å². The lowest BCUT2D eigenvalue weighted by Gasteiger charge is -2.22. The zero-order chi connectivity index (χ0) is 13.8. The number of hydrogen-bond donors (Lipinski definition) is 2. The van der Waals surface area contributed by atoms with Crippen molar-refractivity contribution >= 4 is 23.4 Å². The van der Waals surface area contributed by atoms with E-state index in [4.69, 9.17) is 0 Å². The van der Waals surface area contributed by atoms with E-state index in [9.17, 15) is 4.79 Å². The monoisotopic (exact) mass is 288 g/mol. The maximum absolute atomic E-state index is 12.3. The molecule has 1 atom stereocenters. The lowest BCUT2D eigenvalue weighted by Crippen LogP contribution is -2.46. The molecule has 0 bridgehead atoms. The number of rotatable bonds is 3. The molecule has 1 aliphatic rings. The van der Waals surface area contributed by atoms with Gasteiger partial charge in [0.2, 0.25) is 5.91 Å². The fourth-order valence-corrected chi connectivity index (χ4v) is 3.08. The lowest BCUT2D eigenvalue weighted by atomic mass is 10.2. The Bertz CT molecular complexity index is 579. The number of nitrogens with one attached hydrogen (secondary N) is 2. The minimum absolute atomic E-state index is 0.0109. The summed E-state index contributed by atoms with van der Waals surface area (Å²) in [4.78, 5) is 12.3. The molecule has 0 aliphatic carbocycles. The van der Waals surface area contributed by atoms with E-state index in [1.165, 1.54) is 0 Å². The first-order valence-electron chi connectivity index (χ1n) is 6.55. The zero-order valence-corrected chi connectivity index (χ0v) is 11.8. The van der Waals surface area contributed by atoms with Crippen molar-refractivity contribution in [1.29, 1.82) is 0 Å². The van der Waals surface area contributed by atoms with Gasteiger partial charge < -0.3 is 10.6 Å². The first-order valence-corrected chi connectivity index (χ1v) is 7.71. The molecule has 0 radical (unpaired) electrons. The van der Waals surface area contributed by atoms with Gasteiger partial charge >= 0.3 is 0 Å². The van der Waals surface area contributed by atoms with Crippen LogP contribution in [0.2, 0.25) is 0 Å². The summed E-state index contributed by atoms with van der Waals surface area (Å²) in [6, 6.07) is 9.40. The van der Waals surface area contributed by atoms with Crippen LogP contribution in [0.5, 0.6) is 0 Å². The van der Waals surface area contributed by atoms with Gasteiger partial charge in [-0.3, -0.25) is 4.79 Å². The predicted octanol–water partition coefficient (Wildman–Crippen LogP) is 1.52. The highest BCUT2D eigenvalue weighted by Gasteiger charge is 2.21. The summed E-state index contributed by atoms with van der Waals surface area (Å²) in [5.41, 5.74) is 1.65. The second-order valence-corrected chi connectivity index (χ2v) is 5.69. The van der Waals surface area contributed by atoms with Crippen LogP contribution in [0, 0.1) is 0 Å². The Hall–Kier alpha value is -1.79. The third kappa shape index (κ3) is 2.86. The molecule has 1 saturated heterocycles. The molecular weight excluding hydrogens is 272 g/mol. The SMILES string of the molecule is O=C(Nc1ccccc1-n1cccn1)C1CSCCN1. The summed E-state index contributed by atoms with van der Waals surface area (Å²) in [5.74, 6) is 1.89. The average molecular weight is 288 g/mol. The molecule has 1 aliphatic heterocycles. The molecule has 3 rings (SSSR count). The highest BCUT2D eigenvalue weighted by Crippen LogP contribution is 2.19. The molecular formula is C14H16N4OS. The molecule has 2 N–H and O–H groups in total. The van der Waals surface area contributed by atoms with Crippen molar-refractivity contribution in [2.45, 2.75) is 6.04 Å². The highest BCUT2D eigenvalue weighted by atomic mass is 32.2. The fourth-order valence-electron chi connectivity index (χ4n) is 2.14. The normalized spacial score (nSPS) is 18.7. The van der Waals surface area contributed by atoms with Crippen LogP contribution in [0.15, 0.2) is 42.7 Å². The smallest absolute Gasteiger partial charge is 0.242 e. The Labute approximate surface area is 121 Å². The fraction of sp³-hybridized carbons (Fsp3) is 0.286. The van der Waals surface area contributed by atoms with E-state index in [0.717, 1.165) is 29.4 Å². The molecule has 0 spiro atoms. The van der Waals surface area contributed by atoms with Crippen LogP contribution in [0.25, 0.3) is 5.69 Å². The van der Waals surface area contributed by atoms with Gasteiger partial charge in [-0.15, -0.1) is 0 Å². The number of carbonyl (C=O) groups excluding carboxylic acids is 1. The minimum Gasteiger partial charge on any atom is -0.323 e. The summed E-state index contributed by atoms with van der Waals surface area (Å²) < 4.78 is 1.75. The Kier molecular flexibility index (Phi) is 4.03. The number of hydrogen-bond acceptors (Lipinski definition) is 4. The van der Waals surface area contributed by atoms with Crippen LogP contribution < -0.4 is 10.6 Å². The van der Waals surface area contributed by atoms with E-state index in [-0.39, 0.29) is 11.9 Å². The van der Waals surface area contributed by atoms with Crippen molar-refractivity contribution in [3.05, 3.63) is 42.7 Å². The van der Waals surface area contributed by atoms with Crippen molar-refractivity contribution in [3.8, 4) is 5.69 Å². The first kappa shape index (κ1) is 13.2. The Morgan fingerprint density at radius 2 is 2.30 bits per heavy atom. The van der Waals surface area contributed by atoms with Crippen LogP contribution in [-0.4, -0.2) is 39.8 Å². The zero-order valence-electron chi connectivity index (χ0n) is 11.0. The van der Waals surface area contributed by atoms with E-state index in [2.05, 4.69) is 15.7 Å². The van der Waals surface area contributed by atoms with Crippen LogP contribution in [0.1, 0.15) is 0 Å². The standard InChI is InChI=1S/C14H16N4OS/c19-14(12-10-20-9-7-15-12)17-11-4-1-2-5-13(11)18-8-3-6-16-18/h1-6,8,12,15H,7,9-10H2,(H,17,19).